The van der Waals surface area contributed by atoms with Crippen LogP contribution < -0.4 is 10.6 Å². The molecule has 0 amide bonds. The fourth-order valence-electron chi connectivity index (χ4n) is 12.8. The van der Waals surface area contributed by atoms with E-state index in [0.29, 0.717) is 27.1 Å². The van der Waals surface area contributed by atoms with Crippen LogP contribution in [0.25, 0.3) is 0 Å². The van der Waals surface area contributed by atoms with Gasteiger partial charge in [-0.05, 0) is 125 Å². The summed E-state index contributed by atoms with van der Waals surface area (Å²) in [4.78, 5) is 0. The number of hydrogen-bond donors (Lipinski definition) is 0. The molecule has 4 bridgehead atoms. The van der Waals surface area contributed by atoms with Crippen LogP contribution in [0.4, 0.5) is 0 Å². The molecule has 3 aliphatic carbocycles. The third kappa shape index (κ3) is 6.37. The zero-order chi connectivity index (χ0) is 32.9. The average molecular weight is 659 g/mol. The van der Waals surface area contributed by atoms with Crippen molar-refractivity contribution in [3.8, 4) is 0 Å². The normalized spacial score (nSPS) is 35.9. The molecule has 0 N–H and O–H groups in total. The summed E-state index contributed by atoms with van der Waals surface area (Å²) in [7, 11) is -0.696. The van der Waals surface area contributed by atoms with Crippen LogP contribution in [0.2, 0.25) is 0 Å². The Morgan fingerprint density at radius 1 is 0.804 bits per heavy atom. The summed E-state index contributed by atoms with van der Waals surface area (Å²) in [5, 5.41) is 4.13. The second-order valence-corrected chi connectivity index (χ2v) is 25.2. The van der Waals surface area contributed by atoms with Gasteiger partial charge in [0.05, 0.1) is 0 Å². The molecule has 9 atom stereocenters. The molecular formula is C44H68P2. The lowest BCUT2D eigenvalue weighted by molar-refractivity contribution is 0.0938. The highest BCUT2D eigenvalue weighted by Gasteiger charge is 2.60. The van der Waals surface area contributed by atoms with Crippen LogP contribution in [0.15, 0.2) is 54.6 Å². The summed E-state index contributed by atoms with van der Waals surface area (Å²) in [6, 6.07) is 22.2. The third-order valence-corrected chi connectivity index (χ3v) is 21.1. The molecular weight excluding hydrogens is 590 g/mol. The van der Waals surface area contributed by atoms with Crippen LogP contribution >= 0.6 is 15.8 Å². The van der Waals surface area contributed by atoms with E-state index in [-0.39, 0.29) is 7.92 Å². The lowest BCUT2D eigenvalue weighted by Crippen LogP contribution is -2.51. The summed E-state index contributed by atoms with van der Waals surface area (Å²) in [5.41, 5.74) is 4.16. The van der Waals surface area contributed by atoms with Gasteiger partial charge >= 0.3 is 0 Å². The van der Waals surface area contributed by atoms with Crippen molar-refractivity contribution in [2.45, 2.75) is 173 Å². The first-order valence-corrected chi connectivity index (χ1v) is 22.4. The molecule has 1 aliphatic heterocycles. The van der Waals surface area contributed by atoms with Gasteiger partial charge in [0.1, 0.15) is 0 Å². The minimum Gasteiger partial charge on any atom is -0.0921 e. The topological polar surface area (TPSA) is 0 Å². The van der Waals surface area contributed by atoms with E-state index in [1.807, 2.05) is 0 Å². The highest BCUT2D eigenvalue weighted by Crippen LogP contribution is 2.74. The fraction of sp³-hybridized carbons (Fsp3) is 0.727. The van der Waals surface area contributed by atoms with Crippen LogP contribution in [0, 0.1) is 28.6 Å². The van der Waals surface area contributed by atoms with Crippen LogP contribution in [0.3, 0.4) is 0 Å². The summed E-state index contributed by atoms with van der Waals surface area (Å²) in [5.74, 6) is 3.39. The number of rotatable bonds is 5. The summed E-state index contributed by atoms with van der Waals surface area (Å²) in [6.07, 6.45) is 18.8. The Hall–Kier alpha value is -0.700. The second-order valence-electron chi connectivity index (χ2n) is 18.7. The number of hydrogen-bond acceptors (Lipinski definition) is 0. The van der Waals surface area contributed by atoms with Gasteiger partial charge in [-0.1, -0.05) is 163 Å². The van der Waals surface area contributed by atoms with Gasteiger partial charge in [0, 0.05) is 0 Å². The first-order chi connectivity index (χ1) is 21.8. The van der Waals surface area contributed by atoms with Gasteiger partial charge in [-0.3, -0.25) is 0 Å². The number of benzene rings is 2. The minimum atomic E-state index is -0.477. The first kappa shape index (κ1) is 35.1. The molecule has 4 aliphatic rings. The van der Waals surface area contributed by atoms with Crippen LogP contribution in [-0.2, 0) is 0 Å². The molecule has 2 aromatic rings. The molecule has 0 nitrogen and oxygen atoms in total. The SMILES string of the molecule is CCCC1(C)CC2C[C@@H]1c1ccccc1P(c1ccccc1)C1CCCC1([C@@H](C)P(C(C)(C)C)C(C)(C)C)C1CCCCCC2C1. The zero-order valence-electron chi connectivity index (χ0n) is 31.2. The van der Waals surface area contributed by atoms with E-state index in [0.717, 1.165) is 29.1 Å². The molecule has 3 saturated carbocycles. The molecule has 254 valence electrons. The maximum absolute atomic E-state index is 2.82. The maximum atomic E-state index is 2.82. The summed E-state index contributed by atoms with van der Waals surface area (Å²) >= 11 is 0. The average Bonchev–Trinajstić information content (AvgIpc) is 3.54. The van der Waals surface area contributed by atoms with Gasteiger partial charge in [0.15, 0.2) is 0 Å². The Morgan fingerprint density at radius 3 is 2.17 bits per heavy atom. The Kier molecular flexibility index (Phi) is 10.3. The predicted molar refractivity (Wildman–Crippen MR) is 208 cm³/mol. The largest absolute Gasteiger partial charge is 0.0921 e. The van der Waals surface area contributed by atoms with Gasteiger partial charge < -0.3 is 0 Å². The quantitative estimate of drug-likeness (QED) is 0.281. The Bertz CT molecular complexity index is 1290. The van der Waals surface area contributed by atoms with E-state index in [1.54, 1.807) is 16.2 Å². The summed E-state index contributed by atoms with van der Waals surface area (Å²) in [6.45, 7) is 23.6. The van der Waals surface area contributed by atoms with Crippen molar-refractivity contribution in [2.24, 2.45) is 28.6 Å². The predicted octanol–water partition coefficient (Wildman–Crippen LogP) is 13.0. The van der Waals surface area contributed by atoms with E-state index in [4.69, 9.17) is 0 Å². The van der Waals surface area contributed by atoms with E-state index < -0.39 is 7.92 Å². The van der Waals surface area contributed by atoms with Crippen molar-refractivity contribution in [2.75, 3.05) is 0 Å². The maximum Gasteiger partial charge on any atom is -0.00635 e. The van der Waals surface area contributed by atoms with Crippen molar-refractivity contribution < 1.29 is 0 Å². The third-order valence-electron chi connectivity index (χ3n) is 13.8. The summed E-state index contributed by atoms with van der Waals surface area (Å²) < 4.78 is 0. The van der Waals surface area contributed by atoms with E-state index >= 15 is 0 Å². The van der Waals surface area contributed by atoms with Crippen LogP contribution in [0.5, 0.6) is 0 Å². The molecule has 0 aromatic heterocycles. The van der Waals surface area contributed by atoms with Crippen molar-refractivity contribution in [1.29, 1.82) is 0 Å². The molecule has 0 spiro atoms. The van der Waals surface area contributed by atoms with E-state index in [2.05, 4.69) is 117 Å². The second kappa shape index (κ2) is 13.5. The molecule has 7 unspecified atom stereocenters. The molecule has 0 saturated heterocycles. The standard InChI is InChI=1S/C44H68P2/c1-10-27-43(9)31-34-30-38(43)37-24-17-18-25-39(37)45(36-22-15-12-16-23-36)40-26-19-28-44(40,35-21-14-11-13-20-33(34)29-35)32(2)46(41(3,4)5)42(6,7)8/h12,15-18,22-25,32-35,38,40H,10-11,13-14,19-21,26-31H2,1-9H3/t32-,33?,34?,35?,38-,40?,43?,44?,45?/m1/s1. The molecule has 0 radical (unpaired) electrons. The van der Waals surface area contributed by atoms with Crippen molar-refractivity contribution in [3.63, 3.8) is 0 Å². The smallest absolute Gasteiger partial charge is 0.00635 e. The highest BCUT2D eigenvalue weighted by atomic mass is 31.1. The van der Waals surface area contributed by atoms with Crippen molar-refractivity contribution >= 4 is 26.5 Å². The van der Waals surface area contributed by atoms with Crippen LogP contribution in [0.1, 0.15) is 157 Å². The molecule has 1 heterocycles. The van der Waals surface area contributed by atoms with Gasteiger partial charge in [-0.2, -0.15) is 0 Å². The van der Waals surface area contributed by atoms with Crippen LogP contribution in [-0.4, -0.2) is 21.6 Å². The van der Waals surface area contributed by atoms with Gasteiger partial charge in [-0.25, -0.2) is 0 Å². The first-order valence-electron chi connectivity index (χ1n) is 19.5. The molecule has 2 heteroatoms. The Balaban J connectivity index is 1.64. The molecule has 2 aromatic carbocycles. The molecule has 46 heavy (non-hydrogen) atoms. The highest BCUT2D eigenvalue weighted by molar-refractivity contribution is 7.73. The van der Waals surface area contributed by atoms with Crippen molar-refractivity contribution in [3.05, 3.63) is 60.2 Å². The van der Waals surface area contributed by atoms with Crippen molar-refractivity contribution in [1.82, 2.24) is 0 Å². The lowest BCUT2D eigenvalue weighted by Gasteiger charge is -2.58. The Morgan fingerprint density at radius 2 is 1.48 bits per heavy atom. The minimum absolute atomic E-state index is 0.219. The zero-order valence-corrected chi connectivity index (χ0v) is 33.0. The van der Waals surface area contributed by atoms with Gasteiger partial charge in [0.2, 0.25) is 0 Å². The van der Waals surface area contributed by atoms with Gasteiger partial charge in [-0.15, -0.1) is 0 Å². The van der Waals surface area contributed by atoms with E-state index in [9.17, 15) is 0 Å². The molecule has 3 fully saturated rings. The lowest BCUT2D eigenvalue weighted by atomic mass is 9.63. The number of fused-ring (bicyclic) bond motifs is 9. The van der Waals surface area contributed by atoms with E-state index in [1.165, 1.54) is 83.5 Å². The monoisotopic (exact) mass is 658 g/mol. The Labute approximate surface area is 287 Å². The molecule has 6 rings (SSSR count). The fourth-order valence-corrected chi connectivity index (χ4v) is 22.0. The van der Waals surface area contributed by atoms with Gasteiger partial charge in [0.25, 0.3) is 0 Å².